The highest BCUT2D eigenvalue weighted by molar-refractivity contribution is 5.91. The van der Waals surface area contributed by atoms with E-state index in [1.54, 1.807) is 0 Å². The monoisotopic (exact) mass is 376 g/mol. The first-order valence-corrected chi connectivity index (χ1v) is 10.7. The molecule has 1 unspecified atom stereocenters. The topological polar surface area (TPSA) is 74.6 Å². The molecule has 0 amide bonds. The summed E-state index contributed by atoms with van der Waals surface area (Å²) in [5.74, 6) is 2.38. The molecule has 27 heavy (non-hydrogen) atoms. The van der Waals surface area contributed by atoms with Gasteiger partial charge in [0.15, 0.2) is 5.78 Å². The number of aliphatic hydroxyl groups is 1. The average molecular weight is 377 g/mol. The van der Waals surface area contributed by atoms with Crippen molar-refractivity contribution in [3.8, 4) is 0 Å². The zero-order chi connectivity index (χ0) is 20.0. The molecular formula is C23H36O4. The second-order valence-corrected chi connectivity index (χ2v) is 9.96. The Balaban J connectivity index is 0.000000481. The molecule has 0 radical (unpaired) electrons. The fraction of sp³-hybridized carbons (Fsp3) is 0.826. The van der Waals surface area contributed by atoms with Crippen molar-refractivity contribution in [1.82, 2.24) is 0 Å². The van der Waals surface area contributed by atoms with Crippen LogP contribution in [0.5, 0.6) is 0 Å². The number of carbonyl (C=O) groups excluding carboxylic acids is 1. The van der Waals surface area contributed by atoms with Gasteiger partial charge in [0, 0.05) is 13.3 Å². The summed E-state index contributed by atoms with van der Waals surface area (Å²) >= 11 is 0. The van der Waals surface area contributed by atoms with Crippen molar-refractivity contribution in [1.29, 1.82) is 0 Å². The first kappa shape index (κ1) is 20.6. The molecule has 0 saturated heterocycles. The molecule has 0 aliphatic heterocycles. The molecule has 0 bridgehead atoms. The Labute approximate surface area is 163 Å². The van der Waals surface area contributed by atoms with E-state index in [0.717, 1.165) is 43.9 Å². The van der Waals surface area contributed by atoms with Crippen LogP contribution in [0.4, 0.5) is 0 Å². The first-order chi connectivity index (χ1) is 12.6. The SMILES string of the molecule is CC(=O)O.CC(O)[C@H]1CC[C@H]2[C@@H]3CCC4=CC(=O)CC[C@]4(C)[C@H]3CC[C@]12C. The van der Waals surface area contributed by atoms with Crippen LogP contribution < -0.4 is 0 Å². The van der Waals surface area contributed by atoms with Crippen LogP contribution in [0.1, 0.15) is 79.1 Å². The van der Waals surface area contributed by atoms with Crippen LogP contribution >= 0.6 is 0 Å². The fourth-order valence-electron chi connectivity index (χ4n) is 7.39. The lowest BCUT2D eigenvalue weighted by Gasteiger charge is -2.58. The second kappa shape index (κ2) is 7.35. The molecule has 4 heteroatoms. The van der Waals surface area contributed by atoms with E-state index < -0.39 is 5.97 Å². The number of carbonyl (C=O) groups is 2. The Morgan fingerprint density at radius 2 is 1.78 bits per heavy atom. The van der Waals surface area contributed by atoms with Gasteiger partial charge in [-0.25, -0.2) is 0 Å². The Kier molecular flexibility index (Phi) is 5.60. The highest BCUT2D eigenvalue weighted by atomic mass is 16.4. The molecule has 0 spiro atoms. The summed E-state index contributed by atoms with van der Waals surface area (Å²) in [6.07, 6.45) is 11.1. The summed E-state index contributed by atoms with van der Waals surface area (Å²) in [4.78, 5) is 20.9. The number of fused-ring (bicyclic) bond motifs is 5. The molecule has 4 aliphatic carbocycles. The lowest BCUT2D eigenvalue weighted by atomic mass is 9.46. The summed E-state index contributed by atoms with van der Waals surface area (Å²) < 4.78 is 0. The van der Waals surface area contributed by atoms with Crippen molar-refractivity contribution in [2.45, 2.75) is 85.2 Å². The van der Waals surface area contributed by atoms with Gasteiger partial charge in [-0.05, 0) is 92.4 Å². The number of aliphatic hydroxyl groups excluding tert-OH is 1. The molecule has 152 valence electrons. The Hall–Kier alpha value is -1.16. The number of hydrogen-bond donors (Lipinski definition) is 2. The summed E-state index contributed by atoms with van der Waals surface area (Å²) in [7, 11) is 0. The molecule has 4 aliphatic rings. The van der Waals surface area contributed by atoms with E-state index in [2.05, 4.69) is 13.8 Å². The van der Waals surface area contributed by atoms with Crippen molar-refractivity contribution in [2.24, 2.45) is 34.5 Å². The van der Waals surface area contributed by atoms with Crippen LogP contribution in [0, 0.1) is 34.5 Å². The van der Waals surface area contributed by atoms with Gasteiger partial charge in [0.05, 0.1) is 6.10 Å². The molecule has 3 saturated carbocycles. The van der Waals surface area contributed by atoms with E-state index in [1.165, 1.54) is 37.7 Å². The van der Waals surface area contributed by atoms with Crippen molar-refractivity contribution >= 4 is 11.8 Å². The zero-order valence-corrected chi connectivity index (χ0v) is 17.3. The molecule has 7 atom stereocenters. The maximum atomic E-state index is 11.9. The average Bonchev–Trinajstić information content (AvgIpc) is 2.92. The molecule has 4 nitrogen and oxygen atoms in total. The molecule has 0 aromatic heterocycles. The lowest BCUT2D eigenvalue weighted by Crippen LogP contribution is -2.51. The van der Waals surface area contributed by atoms with Crippen LogP contribution in [-0.2, 0) is 9.59 Å². The van der Waals surface area contributed by atoms with E-state index in [1.807, 2.05) is 13.0 Å². The summed E-state index contributed by atoms with van der Waals surface area (Å²) in [6.45, 7) is 8.00. The van der Waals surface area contributed by atoms with Gasteiger partial charge >= 0.3 is 0 Å². The minimum Gasteiger partial charge on any atom is -0.481 e. The quantitative estimate of drug-likeness (QED) is 0.701. The minimum absolute atomic E-state index is 0.163. The summed E-state index contributed by atoms with van der Waals surface area (Å²) in [5, 5.41) is 17.7. The molecule has 4 rings (SSSR count). The van der Waals surface area contributed by atoms with Crippen molar-refractivity contribution in [2.75, 3.05) is 0 Å². The highest BCUT2D eigenvalue weighted by Gasteiger charge is 2.59. The van der Waals surface area contributed by atoms with Crippen LogP contribution in [-0.4, -0.2) is 28.1 Å². The van der Waals surface area contributed by atoms with E-state index in [-0.39, 0.29) is 11.5 Å². The predicted molar refractivity (Wildman–Crippen MR) is 105 cm³/mol. The van der Waals surface area contributed by atoms with E-state index in [9.17, 15) is 9.90 Å². The van der Waals surface area contributed by atoms with Crippen LogP contribution in [0.25, 0.3) is 0 Å². The van der Waals surface area contributed by atoms with Gasteiger partial charge in [0.1, 0.15) is 0 Å². The Morgan fingerprint density at radius 3 is 2.41 bits per heavy atom. The van der Waals surface area contributed by atoms with Gasteiger partial charge in [-0.3, -0.25) is 9.59 Å². The van der Waals surface area contributed by atoms with E-state index in [0.29, 0.717) is 17.1 Å². The van der Waals surface area contributed by atoms with Crippen molar-refractivity contribution in [3.05, 3.63) is 11.6 Å². The summed E-state index contributed by atoms with van der Waals surface area (Å²) in [5.41, 5.74) is 2.09. The number of ketones is 1. The number of carboxylic acid groups (broad SMARTS) is 1. The first-order valence-electron chi connectivity index (χ1n) is 10.7. The number of aliphatic carboxylic acids is 1. The van der Waals surface area contributed by atoms with Gasteiger partial charge in [0.2, 0.25) is 0 Å². The van der Waals surface area contributed by atoms with Crippen LogP contribution in [0.15, 0.2) is 11.6 Å². The van der Waals surface area contributed by atoms with Gasteiger partial charge in [-0.2, -0.15) is 0 Å². The smallest absolute Gasteiger partial charge is 0.300 e. The molecule has 3 fully saturated rings. The van der Waals surface area contributed by atoms with Crippen LogP contribution in [0.2, 0.25) is 0 Å². The van der Waals surface area contributed by atoms with Crippen molar-refractivity contribution < 1.29 is 19.8 Å². The van der Waals surface area contributed by atoms with Crippen molar-refractivity contribution in [3.63, 3.8) is 0 Å². The Morgan fingerprint density at radius 1 is 1.11 bits per heavy atom. The number of hydrogen-bond acceptors (Lipinski definition) is 3. The van der Waals surface area contributed by atoms with E-state index in [4.69, 9.17) is 9.90 Å². The van der Waals surface area contributed by atoms with Gasteiger partial charge in [-0.15, -0.1) is 0 Å². The summed E-state index contributed by atoms with van der Waals surface area (Å²) in [6, 6.07) is 0. The van der Waals surface area contributed by atoms with E-state index >= 15 is 0 Å². The van der Waals surface area contributed by atoms with Gasteiger partial charge in [0.25, 0.3) is 5.97 Å². The highest BCUT2D eigenvalue weighted by Crippen LogP contribution is 2.66. The third kappa shape index (κ3) is 3.50. The van der Waals surface area contributed by atoms with Gasteiger partial charge in [-0.1, -0.05) is 19.4 Å². The Bertz CT molecular complexity index is 632. The predicted octanol–water partition coefficient (Wildman–Crippen LogP) is 4.61. The standard InChI is InChI=1S/C21H32O2.C2H4O2/c1-13(22)17-6-7-18-16-5-4-14-12-15(23)8-10-20(14,2)19(16)9-11-21(17,18)3;1-2(3)4/h12-13,16-19,22H,4-11H2,1-3H3;1H3,(H,3,4)/t13?,16-,17+,18-,19-,20-,21+;/m0./s1. The maximum Gasteiger partial charge on any atom is 0.300 e. The zero-order valence-electron chi connectivity index (χ0n) is 17.3. The number of rotatable bonds is 1. The van der Waals surface area contributed by atoms with Gasteiger partial charge < -0.3 is 10.2 Å². The maximum absolute atomic E-state index is 11.9. The molecular weight excluding hydrogens is 340 g/mol. The molecule has 2 N–H and O–H groups in total. The van der Waals surface area contributed by atoms with Crippen LogP contribution in [0.3, 0.4) is 0 Å². The molecule has 0 heterocycles. The number of carboxylic acids is 1. The largest absolute Gasteiger partial charge is 0.481 e. The third-order valence-electron chi connectivity index (χ3n) is 8.62. The fourth-order valence-corrected chi connectivity index (χ4v) is 7.39. The molecule has 0 aromatic rings. The minimum atomic E-state index is -0.833. The number of allylic oxidation sites excluding steroid dienone is 1. The molecule has 0 aromatic carbocycles. The second-order valence-electron chi connectivity index (χ2n) is 9.96. The normalized spacial score (nSPS) is 44.0. The lowest BCUT2D eigenvalue weighted by molar-refractivity contribution is -0.134. The third-order valence-corrected chi connectivity index (χ3v) is 8.62.